The number of methoxy groups -OCH3 is 1. The molecular formula is C15H18O6. The summed E-state index contributed by atoms with van der Waals surface area (Å²) in [6.07, 6.45) is -3.43. The Morgan fingerprint density at radius 1 is 1.24 bits per heavy atom. The van der Waals surface area contributed by atoms with Crippen LogP contribution < -0.4 is 0 Å². The number of hydrogen-bond donors (Lipinski definition) is 2. The summed E-state index contributed by atoms with van der Waals surface area (Å²) in [4.78, 5) is 0. The molecule has 1 spiro atoms. The van der Waals surface area contributed by atoms with E-state index in [1.165, 1.54) is 7.11 Å². The number of ether oxygens (including phenoxy) is 4. The number of hydrogen-bond acceptors (Lipinski definition) is 6. The molecule has 4 rings (SSSR count). The van der Waals surface area contributed by atoms with Crippen LogP contribution in [0, 0.1) is 5.92 Å². The summed E-state index contributed by atoms with van der Waals surface area (Å²) in [5.41, 5.74) is -0.0146. The first-order chi connectivity index (χ1) is 10.2. The maximum absolute atomic E-state index is 10.3. The average molecular weight is 294 g/mol. The first-order valence-electron chi connectivity index (χ1n) is 7.07. The predicted octanol–water partition coefficient (Wildman–Crippen LogP) is 0.194. The minimum absolute atomic E-state index is 0.291. The normalized spacial score (nSPS) is 48.3. The third kappa shape index (κ3) is 1.81. The van der Waals surface area contributed by atoms with Crippen molar-refractivity contribution >= 4 is 0 Å². The van der Waals surface area contributed by atoms with E-state index in [0.29, 0.717) is 6.61 Å². The van der Waals surface area contributed by atoms with Gasteiger partial charge in [0, 0.05) is 12.7 Å². The van der Waals surface area contributed by atoms with Gasteiger partial charge in [0.15, 0.2) is 12.6 Å². The van der Waals surface area contributed by atoms with Gasteiger partial charge in [0.05, 0.1) is 18.6 Å². The second-order valence-corrected chi connectivity index (χ2v) is 5.74. The molecule has 6 unspecified atom stereocenters. The van der Waals surface area contributed by atoms with Crippen molar-refractivity contribution in [2.45, 2.75) is 36.5 Å². The van der Waals surface area contributed by atoms with Crippen LogP contribution in [0.4, 0.5) is 0 Å². The van der Waals surface area contributed by atoms with E-state index >= 15 is 0 Å². The van der Waals surface area contributed by atoms with Gasteiger partial charge in [0.1, 0.15) is 17.8 Å². The van der Waals surface area contributed by atoms with Crippen molar-refractivity contribution in [3.8, 4) is 0 Å². The Bertz CT molecular complexity index is 518. The van der Waals surface area contributed by atoms with E-state index in [1.54, 1.807) is 0 Å². The summed E-state index contributed by atoms with van der Waals surface area (Å²) in [6, 6.07) is 9.53. The molecule has 0 radical (unpaired) electrons. The molecule has 2 heterocycles. The number of aliphatic hydroxyl groups excluding tert-OH is 2. The van der Waals surface area contributed by atoms with Crippen LogP contribution in [0.2, 0.25) is 0 Å². The highest BCUT2D eigenvalue weighted by Gasteiger charge is 2.78. The zero-order chi connectivity index (χ0) is 14.6. The maximum Gasteiger partial charge on any atom is 0.184 e. The Balaban J connectivity index is 1.60. The van der Waals surface area contributed by atoms with E-state index in [1.807, 2.05) is 30.3 Å². The first-order valence-corrected chi connectivity index (χ1v) is 7.07. The van der Waals surface area contributed by atoms with Gasteiger partial charge in [-0.1, -0.05) is 30.3 Å². The largest absolute Gasteiger partial charge is 0.389 e. The molecule has 0 bridgehead atoms. The van der Waals surface area contributed by atoms with Gasteiger partial charge >= 0.3 is 0 Å². The Labute approximate surface area is 122 Å². The molecule has 0 aromatic heterocycles. The van der Waals surface area contributed by atoms with E-state index in [2.05, 4.69) is 0 Å². The molecule has 21 heavy (non-hydrogen) atoms. The lowest BCUT2D eigenvalue weighted by Crippen LogP contribution is -2.55. The Morgan fingerprint density at radius 2 is 2.00 bits per heavy atom. The molecule has 2 N–H and O–H groups in total. The molecule has 1 aliphatic carbocycles. The number of benzene rings is 1. The van der Waals surface area contributed by atoms with E-state index in [-0.39, 0.29) is 0 Å². The molecule has 114 valence electrons. The third-order valence-corrected chi connectivity index (χ3v) is 4.68. The van der Waals surface area contributed by atoms with Crippen LogP contribution in [0.3, 0.4) is 0 Å². The summed E-state index contributed by atoms with van der Waals surface area (Å²) in [5.74, 6) is -0.406. The highest BCUT2D eigenvalue weighted by molar-refractivity contribution is 5.26. The fourth-order valence-corrected chi connectivity index (χ4v) is 3.53. The topological polar surface area (TPSA) is 77.4 Å². The van der Waals surface area contributed by atoms with Gasteiger partial charge in [-0.15, -0.1) is 0 Å². The Kier molecular flexibility index (Phi) is 3.08. The standard InChI is InChI=1S/C15H18O6/c1-18-14-11(16)10-12(17)15(10)9(20-14)7-19-13(21-15)8-5-3-2-4-6-8/h2-6,9-14,16-17H,7H2,1H3/t9?,10?,11?,12?,13?,14-,15?/m0/s1. The van der Waals surface area contributed by atoms with Gasteiger partial charge in [0.2, 0.25) is 0 Å². The molecule has 1 aromatic carbocycles. The molecular weight excluding hydrogens is 276 g/mol. The second kappa shape index (κ2) is 4.74. The lowest BCUT2D eigenvalue weighted by atomic mass is 10.0. The smallest absolute Gasteiger partial charge is 0.184 e. The van der Waals surface area contributed by atoms with Crippen molar-refractivity contribution in [3.63, 3.8) is 0 Å². The van der Waals surface area contributed by atoms with Crippen LogP contribution in [-0.2, 0) is 18.9 Å². The van der Waals surface area contributed by atoms with Gasteiger partial charge in [-0.2, -0.15) is 0 Å². The van der Waals surface area contributed by atoms with Crippen molar-refractivity contribution < 1.29 is 29.2 Å². The minimum Gasteiger partial charge on any atom is -0.389 e. The summed E-state index contributed by atoms with van der Waals surface area (Å²) in [7, 11) is 1.47. The Morgan fingerprint density at radius 3 is 2.71 bits per heavy atom. The molecule has 3 aliphatic rings. The van der Waals surface area contributed by atoms with E-state index in [0.717, 1.165) is 5.56 Å². The van der Waals surface area contributed by atoms with Crippen molar-refractivity contribution in [2.24, 2.45) is 5.92 Å². The zero-order valence-corrected chi connectivity index (χ0v) is 11.6. The second-order valence-electron chi connectivity index (χ2n) is 5.74. The van der Waals surface area contributed by atoms with Crippen LogP contribution in [-0.4, -0.2) is 54.1 Å². The molecule has 2 saturated heterocycles. The van der Waals surface area contributed by atoms with Crippen molar-refractivity contribution in [2.75, 3.05) is 13.7 Å². The van der Waals surface area contributed by atoms with Crippen molar-refractivity contribution in [3.05, 3.63) is 35.9 Å². The molecule has 6 heteroatoms. The molecule has 7 atom stereocenters. The quantitative estimate of drug-likeness (QED) is 0.811. The fraction of sp³-hybridized carbons (Fsp3) is 0.600. The fourth-order valence-electron chi connectivity index (χ4n) is 3.53. The van der Waals surface area contributed by atoms with Crippen LogP contribution in [0.5, 0.6) is 0 Å². The van der Waals surface area contributed by atoms with Crippen LogP contribution >= 0.6 is 0 Å². The molecule has 1 aromatic rings. The summed E-state index contributed by atoms with van der Waals surface area (Å²) in [6.45, 7) is 0.291. The monoisotopic (exact) mass is 294 g/mol. The zero-order valence-electron chi connectivity index (χ0n) is 11.6. The van der Waals surface area contributed by atoms with E-state index < -0.39 is 42.4 Å². The van der Waals surface area contributed by atoms with E-state index in [4.69, 9.17) is 18.9 Å². The van der Waals surface area contributed by atoms with Crippen molar-refractivity contribution in [1.82, 2.24) is 0 Å². The van der Waals surface area contributed by atoms with Crippen LogP contribution in [0.25, 0.3) is 0 Å². The summed E-state index contributed by atoms with van der Waals surface area (Å²) in [5, 5.41) is 20.5. The van der Waals surface area contributed by atoms with E-state index in [9.17, 15) is 10.2 Å². The van der Waals surface area contributed by atoms with Gasteiger partial charge < -0.3 is 29.2 Å². The number of aliphatic hydroxyl groups is 2. The highest BCUT2D eigenvalue weighted by atomic mass is 16.8. The lowest BCUT2D eigenvalue weighted by Gasteiger charge is -2.43. The van der Waals surface area contributed by atoms with Gasteiger partial charge in [-0.3, -0.25) is 0 Å². The van der Waals surface area contributed by atoms with Gasteiger partial charge in [-0.25, -0.2) is 0 Å². The highest BCUT2D eigenvalue weighted by Crippen LogP contribution is 2.60. The predicted molar refractivity (Wildman–Crippen MR) is 70.1 cm³/mol. The minimum atomic E-state index is -0.907. The van der Waals surface area contributed by atoms with Crippen molar-refractivity contribution in [1.29, 1.82) is 0 Å². The molecule has 1 saturated carbocycles. The third-order valence-electron chi connectivity index (χ3n) is 4.68. The maximum atomic E-state index is 10.3. The first kappa shape index (κ1) is 13.6. The van der Waals surface area contributed by atoms with Gasteiger partial charge in [0.25, 0.3) is 0 Å². The molecule has 0 amide bonds. The molecule has 3 fully saturated rings. The summed E-state index contributed by atoms with van der Waals surface area (Å²) >= 11 is 0. The van der Waals surface area contributed by atoms with Crippen LogP contribution in [0.1, 0.15) is 11.9 Å². The van der Waals surface area contributed by atoms with Gasteiger partial charge in [-0.05, 0) is 0 Å². The average Bonchev–Trinajstić information content (AvgIpc) is 3.12. The lowest BCUT2D eigenvalue weighted by molar-refractivity contribution is -0.342. The number of rotatable bonds is 2. The molecule has 2 aliphatic heterocycles. The van der Waals surface area contributed by atoms with Crippen LogP contribution in [0.15, 0.2) is 30.3 Å². The Hall–Kier alpha value is -1.02. The summed E-state index contributed by atoms with van der Waals surface area (Å²) < 4.78 is 22.5. The SMILES string of the molecule is CO[C@H]1OC2COC(c3ccccc3)OC23C(O)C3C1O. The molecule has 6 nitrogen and oxygen atoms in total.